The van der Waals surface area contributed by atoms with Crippen LogP contribution < -0.4 is 10.0 Å². The molecule has 0 fully saturated rings. The zero-order chi connectivity index (χ0) is 15.0. The molecule has 0 aliphatic heterocycles. The van der Waals surface area contributed by atoms with E-state index in [1.807, 2.05) is 18.7 Å². The number of aryl methyl sites for hydroxylation is 1. The highest BCUT2D eigenvalue weighted by Gasteiger charge is 2.22. The first-order valence-corrected chi connectivity index (χ1v) is 9.57. The predicted octanol–water partition coefficient (Wildman–Crippen LogP) is 1.25. The van der Waals surface area contributed by atoms with Gasteiger partial charge >= 0.3 is 0 Å². The van der Waals surface area contributed by atoms with Gasteiger partial charge in [-0.25, -0.2) is 13.1 Å². The largest absolute Gasteiger partial charge is 0.316 e. The van der Waals surface area contributed by atoms with Crippen molar-refractivity contribution in [2.75, 3.05) is 25.6 Å². The number of thioether (sulfide) groups is 1. The van der Waals surface area contributed by atoms with Gasteiger partial charge in [-0.15, -0.1) is 0 Å². The second-order valence-electron chi connectivity index (χ2n) is 4.61. The van der Waals surface area contributed by atoms with E-state index in [1.165, 1.54) is 0 Å². The van der Waals surface area contributed by atoms with E-state index in [0.717, 1.165) is 30.7 Å². The van der Waals surface area contributed by atoms with Crippen LogP contribution in [0.1, 0.15) is 30.5 Å². The van der Waals surface area contributed by atoms with Crippen LogP contribution in [0.25, 0.3) is 0 Å². The molecular weight excluding hydrogens is 296 g/mol. The van der Waals surface area contributed by atoms with Gasteiger partial charge in [0.2, 0.25) is 0 Å². The number of aromatic amines is 1. The molecule has 0 saturated heterocycles. The summed E-state index contributed by atoms with van der Waals surface area (Å²) in [7, 11) is -1.74. The van der Waals surface area contributed by atoms with E-state index in [1.54, 1.807) is 7.05 Å². The molecule has 0 bridgehead atoms. The molecule has 1 rings (SSSR count). The minimum Gasteiger partial charge on any atom is -0.316 e. The Morgan fingerprint density at radius 2 is 2.05 bits per heavy atom. The first-order valence-electron chi connectivity index (χ1n) is 6.70. The van der Waals surface area contributed by atoms with Gasteiger partial charge in [-0.05, 0) is 38.8 Å². The molecule has 0 atom stereocenters. The Morgan fingerprint density at radius 3 is 2.70 bits per heavy atom. The fraction of sp³-hybridized carbons (Fsp3) is 0.750. The summed E-state index contributed by atoms with van der Waals surface area (Å²) >= 11 is 1.81. The lowest BCUT2D eigenvalue weighted by atomic mass is 10.2. The maximum absolute atomic E-state index is 12.2. The summed E-state index contributed by atoms with van der Waals surface area (Å²) in [6, 6.07) is 0. The Hall–Kier alpha value is -0.570. The van der Waals surface area contributed by atoms with Crippen LogP contribution in [-0.2, 0) is 16.6 Å². The monoisotopic (exact) mass is 320 g/mol. The van der Waals surface area contributed by atoms with Gasteiger partial charge in [-0.3, -0.25) is 5.10 Å². The molecule has 0 saturated carbocycles. The van der Waals surface area contributed by atoms with Gasteiger partial charge in [0.1, 0.15) is 0 Å². The third kappa shape index (κ3) is 5.08. The SMILES string of the molecule is CNCc1c(S(=O)(=O)NCCCCCSC)n[nH]c1C. The molecular formula is C12H24N4O2S2. The molecule has 1 aromatic heterocycles. The zero-order valence-electron chi connectivity index (χ0n) is 12.3. The topological polar surface area (TPSA) is 86.9 Å². The summed E-state index contributed by atoms with van der Waals surface area (Å²) in [4.78, 5) is 0. The highest BCUT2D eigenvalue weighted by Crippen LogP contribution is 2.15. The molecule has 0 aromatic carbocycles. The molecule has 1 aromatic rings. The Balaban J connectivity index is 2.56. The van der Waals surface area contributed by atoms with Gasteiger partial charge in [-0.1, -0.05) is 6.42 Å². The fourth-order valence-corrected chi connectivity index (χ4v) is 3.62. The summed E-state index contributed by atoms with van der Waals surface area (Å²) in [5.41, 5.74) is 1.47. The van der Waals surface area contributed by atoms with E-state index in [4.69, 9.17) is 0 Å². The van der Waals surface area contributed by atoms with Gasteiger partial charge in [0.25, 0.3) is 10.0 Å². The van der Waals surface area contributed by atoms with Gasteiger partial charge < -0.3 is 5.32 Å². The molecule has 0 amide bonds. The first-order chi connectivity index (χ1) is 9.53. The van der Waals surface area contributed by atoms with Crippen molar-refractivity contribution in [3.8, 4) is 0 Å². The normalized spacial score (nSPS) is 11.9. The van der Waals surface area contributed by atoms with Crippen molar-refractivity contribution in [1.29, 1.82) is 0 Å². The molecule has 8 heteroatoms. The first kappa shape index (κ1) is 17.5. The van der Waals surface area contributed by atoms with Crippen molar-refractivity contribution in [1.82, 2.24) is 20.2 Å². The minimum absolute atomic E-state index is 0.105. The lowest BCUT2D eigenvalue weighted by Gasteiger charge is -2.07. The Labute approximate surface area is 125 Å². The smallest absolute Gasteiger partial charge is 0.260 e. The lowest BCUT2D eigenvalue weighted by Crippen LogP contribution is -2.26. The highest BCUT2D eigenvalue weighted by molar-refractivity contribution is 7.98. The third-order valence-corrected chi connectivity index (χ3v) is 5.09. The summed E-state index contributed by atoms with van der Waals surface area (Å²) in [5.74, 6) is 1.12. The molecule has 0 aliphatic rings. The number of hydrogen-bond donors (Lipinski definition) is 3. The van der Waals surface area contributed by atoms with Gasteiger partial charge in [-0.2, -0.15) is 16.9 Å². The van der Waals surface area contributed by atoms with Crippen molar-refractivity contribution in [3.05, 3.63) is 11.3 Å². The average Bonchev–Trinajstić information content (AvgIpc) is 2.77. The molecule has 20 heavy (non-hydrogen) atoms. The van der Waals surface area contributed by atoms with Crippen molar-refractivity contribution in [2.45, 2.75) is 37.8 Å². The summed E-state index contributed by atoms with van der Waals surface area (Å²) in [6.07, 6.45) is 5.08. The van der Waals surface area contributed by atoms with E-state index in [-0.39, 0.29) is 5.03 Å². The fourth-order valence-electron chi connectivity index (χ4n) is 1.86. The number of hydrogen-bond acceptors (Lipinski definition) is 5. The lowest BCUT2D eigenvalue weighted by molar-refractivity contribution is 0.570. The van der Waals surface area contributed by atoms with Crippen LogP contribution in [0.5, 0.6) is 0 Å². The second-order valence-corrected chi connectivity index (χ2v) is 7.28. The van der Waals surface area contributed by atoms with Crippen LogP contribution >= 0.6 is 11.8 Å². The second kappa shape index (κ2) is 8.66. The Bertz CT molecular complexity index is 500. The summed E-state index contributed by atoms with van der Waals surface area (Å²) in [5, 5.41) is 9.71. The Morgan fingerprint density at radius 1 is 1.30 bits per heavy atom. The standard InChI is InChI=1S/C12H24N4O2S2/c1-10-11(9-13-2)12(16-15-10)20(17,18)14-7-5-4-6-8-19-3/h13-14H,4-9H2,1-3H3,(H,15,16). The van der Waals surface area contributed by atoms with Crippen LogP contribution in [-0.4, -0.2) is 44.2 Å². The van der Waals surface area contributed by atoms with Crippen molar-refractivity contribution >= 4 is 21.8 Å². The Kier molecular flexibility index (Phi) is 7.57. The van der Waals surface area contributed by atoms with Crippen molar-refractivity contribution < 1.29 is 8.42 Å². The number of unbranched alkanes of at least 4 members (excludes halogenated alkanes) is 2. The summed E-state index contributed by atoms with van der Waals surface area (Å²) in [6.45, 7) is 2.76. The van der Waals surface area contributed by atoms with E-state index in [2.05, 4.69) is 26.5 Å². The molecule has 0 spiro atoms. The van der Waals surface area contributed by atoms with Crippen LogP contribution in [0.2, 0.25) is 0 Å². The molecule has 0 unspecified atom stereocenters. The van der Waals surface area contributed by atoms with Crippen molar-refractivity contribution in [2.24, 2.45) is 0 Å². The maximum atomic E-state index is 12.2. The number of H-pyrrole nitrogens is 1. The number of rotatable bonds is 10. The number of sulfonamides is 1. The quantitative estimate of drug-likeness (QED) is 0.565. The molecule has 0 aliphatic carbocycles. The van der Waals surface area contributed by atoms with E-state index >= 15 is 0 Å². The number of nitrogens with one attached hydrogen (secondary N) is 3. The van der Waals surface area contributed by atoms with Crippen LogP contribution in [0.4, 0.5) is 0 Å². The maximum Gasteiger partial charge on any atom is 0.260 e. The van der Waals surface area contributed by atoms with Crippen LogP contribution in [0.15, 0.2) is 5.03 Å². The minimum atomic E-state index is -3.52. The molecule has 6 nitrogen and oxygen atoms in total. The predicted molar refractivity (Wildman–Crippen MR) is 83.5 cm³/mol. The van der Waals surface area contributed by atoms with E-state index in [9.17, 15) is 8.42 Å². The van der Waals surface area contributed by atoms with E-state index < -0.39 is 10.0 Å². The number of aromatic nitrogens is 2. The molecule has 0 radical (unpaired) electrons. The van der Waals surface area contributed by atoms with Crippen LogP contribution in [0, 0.1) is 6.92 Å². The summed E-state index contributed by atoms with van der Waals surface area (Å²) < 4.78 is 27.0. The zero-order valence-corrected chi connectivity index (χ0v) is 14.0. The number of nitrogens with zero attached hydrogens (tertiary/aromatic N) is 1. The molecule has 116 valence electrons. The van der Waals surface area contributed by atoms with Gasteiger partial charge in [0, 0.05) is 24.3 Å². The molecule has 3 N–H and O–H groups in total. The van der Waals surface area contributed by atoms with Gasteiger partial charge in [0.15, 0.2) is 5.03 Å². The van der Waals surface area contributed by atoms with Gasteiger partial charge in [0.05, 0.1) is 0 Å². The average molecular weight is 320 g/mol. The molecule has 1 heterocycles. The van der Waals surface area contributed by atoms with Crippen molar-refractivity contribution in [3.63, 3.8) is 0 Å². The highest BCUT2D eigenvalue weighted by atomic mass is 32.2. The third-order valence-electron chi connectivity index (χ3n) is 2.96. The van der Waals surface area contributed by atoms with Crippen LogP contribution in [0.3, 0.4) is 0 Å². The van der Waals surface area contributed by atoms with E-state index in [0.29, 0.717) is 18.7 Å².